The van der Waals surface area contributed by atoms with E-state index in [2.05, 4.69) is 0 Å². The summed E-state index contributed by atoms with van der Waals surface area (Å²) in [6, 6.07) is 0. The Morgan fingerprint density at radius 3 is 0.643 bits per heavy atom. The van der Waals surface area contributed by atoms with Crippen LogP contribution >= 0.6 is 0 Å². The molecule has 0 aromatic heterocycles. The summed E-state index contributed by atoms with van der Waals surface area (Å²) in [5, 5.41) is 28.9. The second-order valence-corrected chi connectivity index (χ2v) is 4.77. The zero-order valence-electron chi connectivity index (χ0n) is 14.8. The topological polar surface area (TPSA) is 223 Å². The Hall–Kier alpha value is -2.05. The normalized spacial score (nSPS) is 8.25. The summed E-state index contributed by atoms with van der Waals surface area (Å²) in [5.41, 5.74) is 0. The molecule has 28 heavy (non-hydrogen) atoms. The van der Waals surface area contributed by atoms with Crippen LogP contribution in [-0.4, -0.2) is 52.6 Å². The molecule has 0 bridgehead atoms. The minimum atomic E-state index is -1.80. The van der Waals surface area contributed by atoms with Gasteiger partial charge in [-0.15, -0.1) is 0 Å². The Morgan fingerprint density at radius 2 is 0.607 bits per heavy atom. The van der Waals surface area contributed by atoms with E-state index in [-0.39, 0.29) is 46.9 Å². The number of carboxylic acid groups (broad SMARTS) is 3. The van der Waals surface area contributed by atoms with E-state index in [0.717, 1.165) is 20.8 Å². The van der Waals surface area contributed by atoms with E-state index in [1.54, 1.807) is 0 Å². The first-order valence-electron chi connectivity index (χ1n) is 6.82. The predicted octanol–water partition coefficient (Wildman–Crippen LogP) is -5.15. The van der Waals surface area contributed by atoms with Crippen LogP contribution in [0.15, 0.2) is 0 Å². The van der Waals surface area contributed by atoms with E-state index in [1.807, 2.05) is 0 Å². The van der Waals surface area contributed by atoms with E-state index in [1.165, 1.54) is 0 Å². The molecule has 0 N–H and O–H groups in total. The fraction of sp³-hybridized carbons (Fsp3) is 0.400. The molecule has 0 fully saturated rings. The van der Waals surface area contributed by atoms with Crippen LogP contribution in [0.25, 0.3) is 0 Å². The van der Waals surface area contributed by atoms with Gasteiger partial charge in [0.05, 0.1) is 19.3 Å². The fourth-order valence-corrected chi connectivity index (χ4v) is 0.895. The van der Waals surface area contributed by atoms with Crippen LogP contribution in [-0.2, 0) is 43.2 Å². The van der Waals surface area contributed by atoms with Gasteiger partial charge in [0.15, 0.2) is 17.3 Å². The zero-order chi connectivity index (χ0) is 22.3. The van der Waals surface area contributed by atoms with Gasteiger partial charge in [0.25, 0.3) is 0 Å². The van der Waals surface area contributed by atoms with Gasteiger partial charge in [-0.05, 0) is 20.8 Å². The standard InChI is InChI=1S/3C5H6O4.Yb/c3*1-3(6)2-4(7)5(8)9;/h3*2H2,1H3,(H,8,9);/q;;;+3/p-3. The number of carboxylic acids is 3. The predicted molar refractivity (Wildman–Crippen MR) is 75.9 cm³/mol. The first-order chi connectivity index (χ1) is 12.1. The Bertz CT molecular complexity index is 572. The molecule has 0 aromatic rings. The molecule has 0 saturated carbocycles. The molecular weight excluding hydrogens is 545 g/mol. The number of hydrogen-bond donors (Lipinski definition) is 0. The van der Waals surface area contributed by atoms with Crippen LogP contribution in [0, 0.1) is 46.9 Å². The molecule has 1 radical (unpaired) electrons. The van der Waals surface area contributed by atoms with Crippen molar-refractivity contribution in [3.63, 3.8) is 0 Å². The van der Waals surface area contributed by atoms with Gasteiger partial charge in [0.1, 0.15) is 35.3 Å². The summed E-state index contributed by atoms with van der Waals surface area (Å²) in [6.07, 6.45) is -1.70. The molecular formula is C15H15O12Yb. The molecule has 0 heterocycles. The number of carbonyl (C=O) groups is 9. The van der Waals surface area contributed by atoms with E-state index in [0.29, 0.717) is 0 Å². The fourth-order valence-electron chi connectivity index (χ4n) is 0.895. The van der Waals surface area contributed by atoms with E-state index >= 15 is 0 Å². The first kappa shape index (κ1) is 33.5. The van der Waals surface area contributed by atoms with Crippen LogP contribution in [0.1, 0.15) is 40.0 Å². The van der Waals surface area contributed by atoms with Crippen molar-refractivity contribution >= 4 is 52.6 Å². The van der Waals surface area contributed by atoms with Crippen molar-refractivity contribution in [3.8, 4) is 0 Å². The van der Waals surface area contributed by atoms with Crippen LogP contribution < -0.4 is 15.3 Å². The monoisotopic (exact) mass is 561 g/mol. The number of hydrogen-bond acceptors (Lipinski definition) is 12. The Labute approximate surface area is 196 Å². The molecule has 161 valence electrons. The zero-order valence-corrected chi connectivity index (χ0v) is 16.5. The van der Waals surface area contributed by atoms with Crippen LogP contribution in [0.4, 0.5) is 0 Å². The van der Waals surface area contributed by atoms with Crippen LogP contribution in [0.3, 0.4) is 0 Å². The van der Waals surface area contributed by atoms with Crippen LogP contribution in [0.2, 0.25) is 0 Å². The second kappa shape index (κ2) is 18.3. The summed E-state index contributed by atoms with van der Waals surface area (Å²) >= 11 is 0. The average molecular weight is 560 g/mol. The number of Topliss-reactive ketones (excluding diaryl/α,β-unsaturated/α-hetero) is 6. The smallest absolute Gasteiger partial charge is 0.542 e. The van der Waals surface area contributed by atoms with Crippen molar-refractivity contribution < 1.29 is 105 Å². The van der Waals surface area contributed by atoms with Crippen LogP contribution in [0.5, 0.6) is 0 Å². The van der Waals surface area contributed by atoms with Gasteiger partial charge in [0.2, 0.25) is 0 Å². The van der Waals surface area contributed by atoms with Gasteiger partial charge in [-0.25, -0.2) is 0 Å². The minimum absolute atomic E-state index is 0. The first-order valence-corrected chi connectivity index (χ1v) is 6.82. The third kappa shape index (κ3) is 26.2. The molecule has 0 unspecified atom stereocenters. The maximum Gasteiger partial charge on any atom is 3.00 e. The van der Waals surface area contributed by atoms with Gasteiger partial charge >= 0.3 is 46.9 Å². The Kier molecular flexibility index (Phi) is 21.9. The van der Waals surface area contributed by atoms with E-state index in [4.69, 9.17) is 0 Å². The quantitative estimate of drug-likeness (QED) is 0.191. The molecule has 0 aliphatic carbocycles. The van der Waals surface area contributed by atoms with Gasteiger partial charge in [0, 0.05) is 0 Å². The third-order valence-corrected chi connectivity index (χ3v) is 1.91. The third-order valence-electron chi connectivity index (χ3n) is 1.91. The molecule has 0 aliphatic heterocycles. The van der Waals surface area contributed by atoms with E-state index in [9.17, 15) is 58.5 Å². The van der Waals surface area contributed by atoms with Crippen molar-refractivity contribution in [3.05, 3.63) is 0 Å². The molecule has 0 aliphatic rings. The molecule has 0 atom stereocenters. The SMILES string of the molecule is CC(=O)CC(=O)C(=O)[O-].CC(=O)CC(=O)C(=O)[O-].CC(=O)CC(=O)C(=O)[O-].[Yb+3]. The van der Waals surface area contributed by atoms with Crippen molar-refractivity contribution in [2.24, 2.45) is 0 Å². The number of ketones is 6. The molecule has 0 amide bonds. The second-order valence-electron chi connectivity index (χ2n) is 4.77. The van der Waals surface area contributed by atoms with Gasteiger partial charge in [-0.2, -0.15) is 0 Å². The average Bonchev–Trinajstić information content (AvgIpc) is 2.46. The summed E-state index contributed by atoms with van der Waals surface area (Å²) in [7, 11) is 0. The van der Waals surface area contributed by atoms with Gasteiger partial charge in [-0.1, -0.05) is 0 Å². The molecule has 0 rings (SSSR count). The van der Waals surface area contributed by atoms with Gasteiger partial charge < -0.3 is 29.7 Å². The summed E-state index contributed by atoms with van der Waals surface area (Å²) in [4.78, 5) is 89.2. The number of aliphatic carboxylic acids is 3. The minimum Gasteiger partial charge on any atom is -0.542 e. The number of carbonyl (C=O) groups excluding carboxylic acids is 9. The largest absolute Gasteiger partial charge is 3.00 e. The van der Waals surface area contributed by atoms with Crippen molar-refractivity contribution in [1.29, 1.82) is 0 Å². The molecule has 12 nitrogen and oxygen atoms in total. The molecule has 0 spiro atoms. The van der Waals surface area contributed by atoms with Crippen molar-refractivity contribution in [2.45, 2.75) is 40.0 Å². The summed E-state index contributed by atoms with van der Waals surface area (Å²) in [6.45, 7) is 3.42. The Balaban J connectivity index is -0.000000152. The Morgan fingerprint density at radius 1 is 0.464 bits per heavy atom. The van der Waals surface area contributed by atoms with E-state index < -0.39 is 71.9 Å². The number of rotatable bonds is 9. The molecule has 13 heteroatoms. The molecule has 0 saturated heterocycles. The summed E-state index contributed by atoms with van der Waals surface area (Å²) in [5.74, 6) is -10.3. The summed E-state index contributed by atoms with van der Waals surface area (Å²) < 4.78 is 0. The maximum atomic E-state index is 10.1. The van der Waals surface area contributed by atoms with Gasteiger partial charge in [-0.3, -0.25) is 28.8 Å². The van der Waals surface area contributed by atoms with Crippen molar-refractivity contribution in [2.75, 3.05) is 0 Å². The maximum absolute atomic E-state index is 10.1. The van der Waals surface area contributed by atoms with Crippen molar-refractivity contribution in [1.82, 2.24) is 0 Å². The molecule has 0 aromatic carbocycles.